The maximum atomic E-state index is 13.3. The first-order valence-corrected chi connectivity index (χ1v) is 11.7. The average Bonchev–Trinajstić information content (AvgIpc) is 3.74. The number of pyridine rings is 1. The Morgan fingerprint density at radius 3 is 2.13 bits per heavy atom. The summed E-state index contributed by atoms with van der Waals surface area (Å²) in [4.78, 5) is 30.1. The molecule has 4 aromatic rings. The summed E-state index contributed by atoms with van der Waals surface area (Å²) in [5.74, 6) is -0.153. The molecule has 1 heterocycles. The van der Waals surface area contributed by atoms with Gasteiger partial charge in [-0.25, -0.2) is 4.39 Å². The van der Waals surface area contributed by atoms with Gasteiger partial charge in [0.1, 0.15) is 16.9 Å². The standard InChI is InChI=1S/C28H24FN3O6/c1-36-24-14-19-21(15-25(24)37-2)30-12-9-23(19)38-18-6-3-16(4-7-18)31-26(34)28(10-11-28)27(35)32-17-5-8-20(29)22(33)13-17/h3-9,12-15,33H,10-11H2,1-2H3,(H,31,34)(H,32,35). The van der Waals surface area contributed by atoms with Crippen molar-refractivity contribution in [3.05, 3.63) is 72.7 Å². The number of halogens is 1. The quantitative estimate of drug-likeness (QED) is 0.273. The largest absolute Gasteiger partial charge is 0.505 e. The van der Waals surface area contributed by atoms with Crippen molar-refractivity contribution < 1.29 is 33.3 Å². The van der Waals surface area contributed by atoms with Crippen LogP contribution in [0.2, 0.25) is 0 Å². The first kappa shape index (κ1) is 24.8. The van der Waals surface area contributed by atoms with E-state index in [9.17, 15) is 19.1 Å². The molecule has 3 N–H and O–H groups in total. The zero-order chi connectivity index (χ0) is 26.9. The molecule has 3 aromatic carbocycles. The van der Waals surface area contributed by atoms with Crippen molar-refractivity contribution in [3.63, 3.8) is 0 Å². The van der Waals surface area contributed by atoms with Gasteiger partial charge in [0, 0.05) is 35.1 Å². The number of amides is 2. The molecule has 0 bridgehead atoms. The van der Waals surface area contributed by atoms with Crippen LogP contribution < -0.4 is 24.8 Å². The van der Waals surface area contributed by atoms with Gasteiger partial charge in [0.25, 0.3) is 0 Å². The van der Waals surface area contributed by atoms with Crippen molar-refractivity contribution in [2.75, 3.05) is 24.9 Å². The monoisotopic (exact) mass is 517 g/mol. The zero-order valence-corrected chi connectivity index (χ0v) is 20.6. The van der Waals surface area contributed by atoms with Crippen LogP contribution >= 0.6 is 0 Å². The number of rotatable bonds is 8. The van der Waals surface area contributed by atoms with Gasteiger partial charge in [-0.15, -0.1) is 0 Å². The second-order valence-electron chi connectivity index (χ2n) is 8.82. The smallest absolute Gasteiger partial charge is 0.240 e. The molecule has 0 saturated heterocycles. The van der Waals surface area contributed by atoms with Gasteiger partial charge in [-0.05, 0) is 61.4 Å². The first-order chi connectivity index (χ1) is 18.3. The van der Waals surface area contributed by atoms with E-state index in [1.165, 1.54) is 6.07 Å². The number of fused-ring (bicyclic) bond motifs is 1. The molecule has 1 fully saturated rings. The van der Waals surface area contributed by atoms with Gasteiger partial charge in [0.05, 0.1) is 19.7 Å². The van der Waals surface area contributed by atoms with Crippen molar-refractivity contribution >= 4 is 34.1 Å². The number of benzene rings is 3. The molecule has 1 saturated carbocycles. The molecule has 194 valence electrons. The number of nitrogens with zero attached hydrogens (tertiary/aromatic N) is 1. The van der Waals surface area contributed by atoms with Crippen LogP contribution in [0, 0.1) is 11.2 Å². The molecule has 0 spiro atoms. The van der Waals surface area contributed by atoms with E-state index >= 15 is 0 Å². The van der Waals surface area contributed by atoms with Crippen LogP contribution in [0.1, 0.15) is 12.8 Å². The summed E-state index contributed by atoms with van der Waals surface area (Å²) in [5.41, 5.74) is 0.142. The molecule has 10 heteroatoms. The fourth-order valence-corrected chi connectivity index (χ4v) is 4.04. The predicted octanol–water partition coefficient (Wildman–Crippen LogP) is 5.25. The molecular weight excluding hydrogens is 493 g/mol. The molecule has 1 aromatic heterocycles. The molecule has 0 unspecified atom stereocenters. The molecule has 0 radical (unpaired) electrons. The predicted molar refractivity (Wildman–Crippen MR) is 138 cm³/mol. The number of hydrogen-bond donors (Lipinski definition) is 3. The normalized spacial score (nSPS) is 13.4. The summed E-state index contributed by atoms with van der Waals surface area (Å²) in [6.07, 6.45) is 2.39. The second kappa shape index (κ2) is 9.89. The molecule has 5 rings (SSSR count). The summed E-state index contributed by atoms with van der Waals surface area (Å²) in [6, 6.07) is 15.5. The van der Waals surface area contributed by atoms with Crippen molar-refractivity contribution in [3.8, 4) is 28.7 Å². The Morgan fingerprint density at radius 1 is 0.868 bits per heavy atom. The van der Waals surface area contributed by atoms with Crippen LogP contribution in [0.25, 0.3) is 10.9 Å². The minimum absolute atomic E-state index is 0.203. The minimum atomic E-state index is -1.23. The number of anilines is 2. The highest BCUT2D eigenvalue weighted by Gasteiger charge is 2.56. The number of aromatic hydroxyl groups is 1. The Kier molecular flexibility index (Phi) is 6.46. The van der Waals surface area contributed by atoms with Gasteiger partial charge in [-0.2, -0.15) is 0 Å². The Hall–Kier alpha value is -4.86. The highest BCUT2D eigenvalue weighted by molar-refractivity contribution is 6.17. The molecule has 38 heavy (non-hydrogen) atoms. The molecular formula is C28H24FN3O6. The van der Waals surface area contributed by atoms with E-state index in [0.717, 1.165) is 17.5 Å². The number of carbonyl (C=O) groups is 2. The van der Waals surface area contributed by atoms with Gasteiger partial charge in [-0.1, -0.05) is 0 Å². The molecule has 1 aliphatic rings. The summed E-state index contributed by atoms with van der Waals surface area (Å²) < 4.78 is 30.1. The lowest BCUT2D eigenvalue weighted by Crippen LogP contribution is -2.35. The summed E-state index contributed by atoms with van der Waals surface area (Å²) in [7, 11) is 3.11. The summed E-state index contributed by atoms with van der Waals surface area (Å²) in [6.45, 7) is 0. The Balaban J connectivity index is 1.27. The third-order valence-corrected chi connectivity index (χ3v) is 6.37. The number of carbonyl (C=O) groups excluding carboxylic acids is 2. The molecule has 0 aliphatic heterocycles. The van der Waals surface area contributed by atoms with Gasteiger partial charge in [0.15, 0.2) is 23.1 Å². The van der Waals surface area contributed by atoms with E-state index in [4.69, 9.17) is 14.2 Å². The lowest BCUT2D eigenvalue weighted by Gasteiger charge is -2.16. The van der Waals surface area contributed by atoms with Gasteiger partial charge in [-0.3, -0.25) is 14.6 Å². The molecule has 9 nitrogen and oxygen atoms in total. The second-order valence-corrected chi connectivity index (χ2v) is 8.82. The third kappa shape index (κ3) is 4.75. The van der Waals surface area contributed by atoms with Gasteiger partial charge in [0.2, 0.25) is 11.8 Å². The first-order valence-electron chi connectivity index (χ1n) is 11.7. The van der Waals surface area contributed by atoms with Crippen molar-refractivity contribution in [1.82, 2.24) is 4.98 Å². The van der Waals surface area contributed by atoms with E-state index in [2.05, 4.69) is 15.6 Å². The number of phenolic OH excluding ortho intramolecular Hbond substituents is 1. The van der Waals surface area contributed by atoms with Crippen LogP contribution in [0.4, 0.5) is 15.8 Å². The van der Waals surface area contributed by atoms with E-state index in [0.29, 0.717) is 47.0 Å². The molecule has 2 amide bonds. The minimum Gasteiger partial charge on any atom is -0.505 e. The number of ether oxygens (including phenoxy) is 3. The highest BCUT2D eigenvalue weighted by Crippen LogP contribution is 2.47. The number of methoxy groups -OCH3 is 2. The lowest BCUT2D eigenvalue weighted by molar-refractivity contribution is -0.131. The van der Waals surface area contributed by atoms with E-state index in [1.807, 2.05) is 0 Å². The fraction of sp³-hybridized carbons (Fsp3) is 0.179. The lowest BCUT2D eigenvalue weighted by atomic mass is 10.0. The maximum absolute atomic E-state index is 13.3. The van der Waals surface area contributed by atoms with E-state index in [-0.39, 0.29) is 5.69 Å². The van der Waals surface area contributed by atoms with Crippen LogP contribution in [0.15, 0.2) is 66.9 Å². The number of hydrogen-bond acceptors (Lipinski definition) is 7. The molecule has 1 aliphatic carbocycles. The topological polar surface area (TPSA) is 119 Å². The van der Waals surface area contributed by atoms with Crippen LogP contribution in [-0.2, 0) is 9.59 Å². The van der Waals surface area contributed by atoms with Gasteiger partial charge >= 0.3 is 0 Å². The van der Waals surface area contributed by atoms with Crippen molar-refractivity contribution in [2.24, 2.45) is 5.41 Å². The van der Waals surface area contributed by atoms with Crippen LogP contribution in [0.5, 0.6) is 28.7 Å². The van der Waals surface area contributed by atoms with Crippen molar-refractivity contribution in [1.29, 1.82) is 0 Å². The van der Waals surface area contributed by atoms with Crippen LogP contribution in [-0.4, -0.2) is 36.1 Å². The van der Waals surface area contributed by atoms with Crippen molar-refractivity contribution in [2.45, 2.75) is 12.8 Å². The maximum Gasteiger partial charge on any atom is 0.240 e. The number of aromatic nitrogens is 1. The highest BCUT2D eigenvalue weighted by atomic mass is 19.1. The fourth-order valence-electron chi connectivity index (χ4n) is 4.04. The zero-order valence-electron chi connectivity index (χ0n) is 20.6. The Morgan fingerprint density at radius 2 is 1.50 bits per heavy atom. The number of phenols is 1. The van der Waals surface area contributed by atoms with E-state index < -0.39 is 28.8 Å². The van der Waals surface area contributed by atoms with Gasteiger partial charge < -0.3 is 30.0 Å². The summed E-state index contributed by atoms with van der Waals surface area (Å²) in [5, 5.41) is 15.6. The van der Waals surface area contributed by atoms with Crippen LogP contribution in [0.3, 0.4) is 0 Å². The third-order valence-electron chi connectivity index (χ3n) is 6.37. The Bertz CT molecular complexity index is 1540. The Labute approximate surface area is 217 Å². The number of nitrogens with one attached hydrogen (secondary N) is 2. The van der Waals surface area contributed by atoms with E-state index in [1.54, 1.807) is 62.9 Å². The SMILES string of the molecule is COc1cc2nccc(Oc3ccc(NC(=O)C4(C(=O)Nc5ccc(F)c(O)c5)CC4)cc3)c2cc1OC. The average molecular weight is 518 g/mol. The molecule has 0 atom stereocenters. The summed E-state index contributed by atoms with van der Waals surface area (Å²) >= 11 is 0.